The third-order valence-electron chi connectivity index (χ3n) is 3.57. The smallest absolute Gasteiger partial charge is 0.130 e. The van der Waals surface area contributed by atoms with Gasteiger partial charge in [0.15, 0.2) is 0 Å². The van der Waals surface area contributed by atoms with Gasteiger partial charge in [-0.3, -0.25) is 0 Å². The van der Waals surface area contributed by atoms with E-state index in [1.165, 1.54) is 11.6 Å². The summed E-state index contributed by atoms with van der Waals surface area (Å²) in [5.74, 6) is -0.386. The predicted molar refractivity (Wildman–Crippen MR) is 87.9 cm³/mol. The lowest BCUT2D eigenvalue weighted by Crippen LogP contribution is -2.11. The number of rotatable bonds is 3. The zero-order chi connectivity index (χ0) is 15.6. The maximum Gasteiger partial charge on any atom is 0.130 e. The van der Waals surface area contributed by atoms with Crippen molar-refractivity contribution in [3.8, 4) is 0 Å². The van der Waals surface area contributed by atoms with Crippen LogP contribution in [0.1, 0.15) is 43.6 Å². The van der Waals surface area contributed by atoms with Crippen molar-refractivity contribution in [2.45, 2.75) is 38.7 Å². The van der Waals surface area contributed by atoms with Gasteiger partial charge in [0.05, 0.1) is 6.10 Å². The molecule has 0 fully saturated rings. The fourth-order valence-electron chi connectivity index (χ4n) is 2.25. The van der Waals surface area contributed by atoms with E-state index in [0.717, 1.165) is 5.56 Å². The van der Waals surface area contributed by atoms with Gasteiger partial charge >= 0.3 is 0 Å². The molecule has 1 nitrogen and oxygen atoms in total. The molecule has 0 saturated heterocycles. The number of aliphatic hydroxyl groups is 1. The molecule has 1 atom stereocenters. The Bertz CT molecular complexity index is 614. The monoisotopic (exact) mass is 350 g/mol. The molecule has 0 aliphatic heterocycles. The second kappa shape index (κ2) is 6.29. The SMILES string of the molecule is CC(C)(C)c1ccc(CC(O)c2ccc(Br)cc2F)cc1. The molecule has 0 aliphatic carbocycles. The summed E-state index contributed by atoms with van der Waals surface area (Å²) in [4.78, 5) is 0. The molecule has 21 heavy (non-hydrogen) atoms. The van der Waals surface area contributed by atoms with E-state index in [1.54, 1.807) is 12.1 Å². The Balaban J connectivity index is 2.14. The fraction of sp³-hybridized carbons (Fsp3) is 0.333. The summed E-state index contributed by atoms with van der Waals surface area (Å²) in [6.45, 7) is 6.48. The molecule has 0 radical (unpaired) electrons. The van der Waals surface area contributed by atoms with Crippen LogP contribution in [0.2, 0.25) is 0 Å². The number of aliphatic hydroxyl groups excluding tert-OH is 1. The van der Waals surface area contributed by atoms with Gasteiger partial charge in [0.1, 0.15) is 5.82 Å². The first-order valence-electron chi connectivity index (χ1n) is 7.00. The van der Waals surface area contributed by atoms with Crippen molar-refractivity contribution in [1.82, 2.24) is 0 Å². The molecular formula is C18H20BrFO. The van der Waals surface area contributed by atoms with Crippen LogP contribution in [0.15, 0.2) is 46.9 Å². The highest BCUT2D eigenvalue weighted by Gasteiger charge is 2.16. The Hall–Kier alpha value is -1.19. The maximum absolute atomic E-state index is 13.8. The van der Waals surface area contributed by atoms with Crippen LogP contribution in [0.5, 0.6) is 0 Å². The Morgan fingerprint density at radius 1 is 1.10 bits per heavy atom. The van der Waals surface area contributed by atoms with Crippen LogP contribution in [0.3, 0.4) is 0 Å². The minimum Gasteiger partial charge on any atom is -0.388 e. The van der Waals surface area contributed by atoms with Gasteiger partial charge in [-0.15, -0.1) is 0 Å². The number of halogens is 2. The highest BCUT2D eigenvalue weighted by atomic mass is 79.9. The van der Waals surface area contributed by atoms with E-state index in [2.05, 4.69) is 48.8 Å². The molecular weight excluding hydrogens is 331 g/mol. The molecule has 0 heterocycles. The van der Waals surface area contributed by atoms with Crippen LogP contribution >= 0.6 is 15.9 Å². The van der Waals surface area contributed by atoms with Gasteiger partial charge in [0.2, 0.25) is 0 Å². The molecule has 3 heteroatoms. The molecule has 112 valence electrons. The number of benzene rings is 2. The standard InChI is InChI=1S/C18H20BrFO/c1-18(2,3)13-6-4-12(5-7-13)10-17(21)15-9-8-14(19)11-16(15)20/h4-9,11,17,21H,10H2,1-3H3. The highest BCUT2D eigenvalue weighted by Crippen LogP contribution is 2.26. The van der Waals surface area contributed by atoms with Crippen molar-refractivity contribution in [3.63, 3.8) is 0 Å². The van der Waals surface area contributed by atoms with Gasteiger partial charge in [-0.2, -0.15) is 0 Å². The summed E-state index contributed by atoms with van der Waals surface area (Å²) in [5.41, 5.74) is 2.68. The van der Waals surface area contributed by atoms with E-state index in [0.29, 0.717) is 16.5 Å². The van der Waals surface area contributed by atoms with Crippen molar-refractivity contribution in [3.05, 3.63) is 69.4 Å². The van der Waals surface area contributed by atoms with Crippen molar-refractivity contribution < 1.29 is 9.50 Å². The van der Waals surface area contributed by atoms with E-state index >= 15 is 0 Å². The first-order chi connectivity index (χ1) is 9.77. The molecule has 2 rings (SSSR count). The van der Waals surface area contributed by atoms with Crippen LogP contribution in [0, 0.1) is 5.82 Å². The Morgan fingerprint density at radius 3 is 2.24 bits per heavy atom. The second-order valence-electron chi connectivity index (χ2n) is 6.33. The largest absolute Gasteiger partial charge is 0.388 e. The minimum absolute atomic E-state index is 0.106. The predicted octanol–water partition coefficient (Wildman–Crippen LogP) is 5.16. The summed E-state index contributed by atoms with van der Waals surface area (Å²) in [7, 11) is 0. The molecule has 0 amide bonds. The number of hydrogen-bond donors (Lipinski definition) is 1. The lowest BCUT2D eigenvalue weighted by Gasteiger charge is -2.19. The zero-order valence-electron chi connectivity index (χ0n) is 12.5. The molecule has 0 aliphatic rings. The molecule has 0 bridgehead atoms. The minimum atomic E-state index is -0.835. The lowest BCUT2D eigenvalue weighted by atomic mass is 9.86. The lowest BCUT2D eigenvalue weighted by molar-refractivity contribution is 0.173. The van der Waals surface area contributed by atoms with Gasteiger partial charge in [-0.05, 0) is 28.7 Å². The summed E-state index contributed by atoms with van der Waals surface area (Å²) in [5, 5.41) is 10.2. The van der Waals surface area contributed by atoms with Gasteiger partial charge < -0.3 is 5.11 Å². The fourth-order valence-corrected chi connectivity index (χ4v) is 2.58. The Kier molecular flexibility index (Phi) is 4.84. The third-order valence-corrected chi connectivity index (χ3v) is 4.06. The Labute approximate surface area is 134 Å². The van der Waals surface area contributed by atoms with Crippen LogP contribution in [0.25, 0.3) is 0 Å². The normalized spacial score (nSPS) is 13.2. The molecule has 2 aromatic carbocycles. The average Bonchev–Trinajstić information content (AvgIpc) is 2.38. The quantitative estimate of drug-likeness (QED) is 0.810. The molecule has 1 N–H and O–H groups in total. The van der Waals surface area contributed by atoms with Crippen molar-refractivity contribution in [1.29, 1.82) is 0 Å². The van der Waals surface area contributed by atoms with E-state index in [-0.39, 0.29) is 11.2 Å². The van der Waals surface area contributed by atoms with Crippen molar-refractivity contribution in [2.75, 3.05) is 0 Å². The summed E-state index contributed by atoms with van der Waals surface area (Å²) in [6, 6.07) is 12.9. The van der Waals surface area contributed by atoms with Gasteiger partial charge in [0.25, 0.3) is 0 Å². The van der Waals surface area contributed by atoms with Crippen molar-refractivity contribution >= 4 is 15.9 Å². The van der Waals surface area contributed by atoms with Gasteiger partial charge in [-0.1, -0.05) is 67.0 Å². The number of hydrogen-bond acceptors (Lipinski definition) is 1. The summed E-state index contributed by atoms with van der Waals surface area (Å²) in [6.07, 6.45) is -0.429. The van der Waals surface area contributed by atoms with Gasteiger partial charge in [0, 0.05) is 16.5 Å². The topological polar surface area (TPSA) is 20.2 Å². The molecule has 2 aromatic rings. The third kappa shape index (κ3) is 4.14. The van der Waals surface area contributed by atoms with E-state index in [4.69, 9.17) is 0 Å². The van der Waals surface area contributed by atoms with Crippen LogP contribution in [-0.2, 0) is 11.8 Å². The molecule has 1 unspecified atom stereocenters. The molecule has 0 saturated carbocycles. The highest BCUT2D eigenvalue weighted by molar-refractivity contribution is 9.10. The van der Waals surface area contributed by atoms with Crippen molar-refractivity contribution in [2.24, 2.45) is 0 Å². The van der Waals surface area contributed by atoms with Gasteiger partial charge in [-0.25, -0.2) is 4.39 Å². The second-order valence-corrected chi connectivity index (χ2v) is 7.25. The van der Waals surface area contributed by atoms with Crippen LogP contribution in [0.4, 0.5) is 4.39 Å². The first kappa shape index (κ1) is 16.2. The van der Waals surface area contributed by atoms with E-state index < -0.39 is 6.10 Å². The van der Waals surface area contributed by atoms with Crippen LogP contribution < -0.4 is 0 Å². The first-order valence-corrected chi connectivity index (χ1v) is 7.79. The summed E-state index contributed by atoms with van der Waals surface area (Å²) < 4.78 is 14.5. The maximum atomic E-state index is 13.8. The Morgan fingerprint density at radius 2 is 1.71 bits per heavy atom. The van der Waals surface area contributed by atoms with Crippen LogP contribution in [-0.4, -0.2) is 5.11 Å². The van der Waals surface area contributed by atoms with E-state index in [9.17, 15) is 9.50 Å². The van der Waals surface area contributed by atoms with E-state index in [1.807, 2.05) is 12.1 Å². The molecule has 0 spiro atoms. The molecule has 0 aromatic heterocycles. The average molecular weight is 351 g/mol. The zero-order valence-corrected chi connectivity index (χ0v) is 14.1. The summed E-state index contributed by atoms with van der Waals surface area (Å²) >= 11 is 3.22.